The van der Waals surface area contributed by atoms with Gasteiger partial charge in [0.1, 0.15) is 0 Å². The number of piperidine rings is 1. The van der Waals surface area contributed by atoms with Crippen LogP contribution >= 0.6 is 24.0 Å². The van der Waals surface area contributed by atoms with Crippen LogP contribution in [0.2, 0.25) is 0 Å². The molecule has 2 fully saturated rings. The molecular weight excluding hydrogens is 363 g/mol. The maximum Gasteiger partial charge on any atom is 0.191 e. The van der Waals surface area contributed by atoms with E-state index in [0.29, 0.717) is 12.1 Å². The van der Waals surface area contributed by atoms with E-state index in [4.69, 9.17) is 0 Å². The van der Waals surface area contributed by atoms with Crippen molar-refractivity contribution in [3.05, 3.63) is 12.7 Å². The number of hydrogen-bond acceptors (Lipinski definition) is 2. The van der Waals surface area contributed by atoms with Gasteiger partial charge in [-0.3, -0.25) is 9.89 Å². The number of hydrogen-bond donors (Lipinski definition) is 2. The Morgan fingerprint density at radius 2 is 1.80 bits per heavy atom. The molecule has 1 heterocycles. The van der Waals surface area contributed by atoms with Gasteiger partial charge in [-0.15, -0.1) is 30.6 Å². The normalized spacial score (nSPS) is 21.8. The second kappa shape index (κ2) is 9.60. The Kier molecular flexibility index (Phi) is 8.52. The Labute approximate surface area is 140 Å². The summed E-state index contributed by atoms with van der Waals surface area (Å²) in [6.45, 7) is 10.1. The van der Waals surface area contributed by atoms with Gasteiger partial charge < -0.3 is 10.6 Å². The molecule has 0 aromatic heterocycles. The first-order valence-corrected chi connectivity index (χ1v) is 7.72. The molecule has 2 rings (SSSR count). The lowest BCUT2D eigenvalue weighted by atomic mass is 9.93. The fourth-order valence-corrected chi connectivity index (χ4v) is 2.67. The van der Waals surface area contributed by atoms with E-state index in [-0.39, 0.29) is 24.0 Å². The SMILES string of the molecule is C=CCN1CCC(NC(=NCC)NC2CCC2)CC1.I. The zero-order chi connectivity index (χ0) is 13.5. The van der Waals surface area contributed by atoms with Crippen LogP contribution in [0.3, 0.4) is 0 Å². The van der Waals surface area contributed by atoms with Crippen LogP contribution in [0, 0.1) is 0 Å². The molecule has 0 aromatic carbocycles. The third-order valence-electron chi connectivity index (χ3n) is 4.08. The standard InChI is InChI=1S/C15H28N4.HI/c1-3-10-19-11-8-14(9-12-19)18-15(16-4-2)17-13-6-5-7-13;/h3,13-14H,1,4-12H2,2H3,(H2,16,17,18);1H. The molecule has 0 aromatic rings. The highest BCUT2D eigenvalue weighted by Gasteiger charge is 2.22. The van der Waals surface area contributed by atoms with Gasteiger partial charge in [0.25, 0.3) is 0 Å². The van der Waals surface area contributed by atoms with Crippen molar-refractivity contribution in [2.24, 2.45) is 4.99 Å². The Balaban J connectivity index is 0.00000200. The molecule has 1 aliphatic heterocycles. The molecule has 0 amide bonds. The van der Waals surface area contributed by atoms with E-state index in [1.807, 2.05) is 6.08 Å². The Bertz CT molecular complexity index is 307. The maximum absolute atomic E-state index is 4.56. The molecule has 116 valence electrons. The molecule has 4 nitrogen and oxygen atoms in total. The smallest absolute Gasteiger partial charge is 0.191 e. The highest BCUT2D eigenvalue weighted by molar-refractivity contribution is 14.0. The van der Waals surface area contributed by atoms with Gasteiger partial charge >= 0.3 is 0 Å². The largest absolute Gasteiger partial charge is 0.354 e. The monoisotopic (exact) mass is 392 g/mol. The number of aliphatic imine (C=N–C) groups is 1. The molecule has 0 atom stereocenters. The van der Waals surface area contributed by atoms with Crippen molar-refractivity contribution in [3.8, 4) is 0 Å². The lowest BCUT2D eigenvalue weighted by molar-refractivity contribution is 0.224. The second-order valence-corrected chi connectivity index (χ2v) is 5.60. The lowest BCUT2D eigenvalue weighted by Gasteiger charge is -2.34. The van der Waals surface area contributed by atoms with Crippen molar-refractivity contribution in [2.45, 2.75) is 51.1 Å². The number of halogens is 1. The van der Waals surface area contributed by atoms with E-state index in [1.54, 1.807) is 0 Å². The van der Waals surface area contributed by atoms with Gasteiger partial charge in [0, 0.05) is 38.3 Å². The average Bonchev–Trinajstić information content (AvgIpc) is 2.36. The molecule has 1 aliphatic carbocycles. The Morgan fingerprint density at radius 1 is 1.20 bits per heavy atom. The fraction of sp³-hybridized carbons (Fsp3) is 0.800. The molecule has 5 heteroatoms. The number of nitrogens with zero attached hydrogens (tertiary/aromatic N) is 2. The van der Waals surface area contributed by atoms with Crippen LogP contribution in [0.25, 0.3) is 0 Å². The van der Waals surface area contributed by atoms with Crippen molar-refractivity contribution >= 4 is 29.9 Å². The molecule has 2 aliphatic rings. The lowest BCUT2D eigenvalue weighted by Crippen LogP contribution is -2.52. The van der Waals surface area contributed by atoms with Crippen LogP contribution in [-0.4, -0.2) is 49.1 Å². The summed E-state index contributed by atoms with van der Waals surface area (Å²) in [6, 6.07) is 1.22. The van der Waals surface area contributed by atoms with Gasteiger partial charge in [0.2, 0.25) is 0 Å². The molecule has 2 N–H and O–H groups in total. The van der Waals surface area contributed by atoms with Crippen molar-refractivity contribution in [3.63, 3.8) is 0 Å². The Hall–Kier alpha value is -0.300. The van der Waals surface area contributed by atoms with E-state index in [1.165, 1.54) is 32.1 Å². The Morgan fingerprint density at radius 3 is 2.25 bits per heavy atom. The quantitative estimate of drug-likeness (QED) is 0.327. The summed E-state index contributed by atoms with van der Waals surface area (Å²) in [4.78, 5) is 7.02. The first-order valence-electron chi connectivity index (χ1n) is 7.72. The second-order valence-electron chi connectivity index (χ2n) is 5.60. The summed E-state index contributed by atoms with van der Waals surface area (Å²) in [5.74, 6) is 1.02. The molecule has 1 saturated heterocycles. The van der Waals surface area contributed by atoms with Crippen LogP contribution in [-0.2, 0) is 0 Å². The van der Waals surface area contributed by atoms with Gasteiger partial charge in [-0.1, -0.05) is 6.08 Å². The number of nitrogens with one attached hydrogen (secondary N) is 2. The van der Waals surface area contributed by atoms with Crippen LogP contribution in [0.5, 0.6) is 0 Å². The van der Waals surface area contributed by atoms with Crippen LogP contribution in [0.15, 0.2) is 17.6 Å². The fourth-order valence-electron chi connectivity index (χ4n) is 2.67. The van der Waals surface area contributed by atoms with Crippen molar-refractivity contribution in [2.75, 3.05) is 26.2 Å². The first kappa shape index (κ1) is 17.8. The minimum atomic E-state index is 0. The van der Waals surface area contributed by atoms with Gasteiger partial charge in [-0.05, 0) is 39.0 Å². The topological polar surface area (TPSA) is 39.7 Å². The van der Waals surface area contributed by atoms with Crippen molar-refractivity contribution < 1.29 is 0 Å². The molecule has 20 heavy (non-hydrogen) atoms. The van der Waals surface area contributed by atoms with E-state index in [0.717, 1.165) is 32.1 Å². The highest BCUT2D eigenvalue weighted by atomic mass is 127. The summed E-state index contributed by atoms with van der Waals surface area (Å²) >= 11 is 0. The number of guanidine groups is 1. The van der Waals surface area contributed by atoms with E-state index >= 15 is 0 Å². The van der Waals surface area contributed by atoms with E-state index < -0.39 is 0 Å². The summed E-state index contributed by atoms with van der Waals surface area (Å²) in [5.41, 5.74) is 0. The van der Waals surface area contributed by atoms with Gasteiger partial charge in [0.15, 0.2) is 5.96 Å². The predicted molar refractivity (Wildman–Crippen MR) is 97.0 cm³/mol. The zero-order valence-corrected chi connectivity index (χ0v) is 14.9. The summed E-state index contributed by atoms with van der Waals surface area (Å²) in [7, 11) is 0. The third kappa shape index (κ3) is 5.60. The van der Waals surface area contributed by atoms with Crippen LogP contribution in [0.1, 0.15) is 39.0 Å². The molecule has 0 radical (unpaired) electrons. The molecule has 0 unspecified atom stereocenters. The summed E-state index contributed by atoms with van der Waals surface area (Å²) in [5, 5.41) is 7.15. The average molecular weight is 392 g/mol. The predicted octanol–water partition coefficient (Wildman–Crippen LogP) is 2.36. The minimum absolute atomic E-state index is 0. The molecule has 0 bridgehead atoms. The van der Waals surface area contributed by atoms with Gasteiger partial charge in [-0.2, -0.15) is 0 Å². The van der Waals surface area contributed by atoms with Crippen molar-refractivity contribution in [1.29, 1.82) is 0 Å². The number of rotatable bonds is 5. The van der Waals surface area contributed by atoms with Crippen molar-refractivity contribution in [1.82, 2.24) is 15.5 Å². The summed E-state index contributed by atoms with van der Waals surface area (Å²) < 4.78 is 0. The molecule has 0 spiro atoms. The molecule has 1 saturated carbocycles. The van der Waals surface area contributed by atoms with E-state index in [2.05, 4.69) is 34.0 Å². The van der Waals surface area contributed by atoms with Gasteiger partial charge in [-0.25, -0.2) is 0 Å². The number of likely N-dealkylation sites (tertiary alicyclic amines) is 1. The highest BCUT2D eigenvalue weighted by Crippen LogP contribution is 2.18. The van der Waals surface area contributed by atoms with Gasteiger partial charge in [0.05, 0.1) is 0 Å². The maximum atomic E-state index is 4.56. The van der Waals surface area contributed by atoms with Crippen LogP contribution in [0.4, 0.5) is 0 Å². The summed E-state index contributed by atoms with van der Waals surface area (Å²) in [6.07, 6.45) is 8.34. The zero-order valence-electron chi connectivity index (χ0n) is 12.6. The molecular formula is C15H29IN4. The minimum Gasteiger partial charge on any atom is -0.354 e. The van der Waals surface area contributed by atoms with Crippen LogP contribution < -0.4 is 10.6 Å². The third-order valence-corrected chi connectivity index (χ3v) is 4.08. The van der Waals surface area contributed by atoms with E-state index in [9.17, 15) is 0 Å². The first-order chi connectivity index (χ1) is 9.31.